The van der Waals surface area contributed by atoms with Gasteiger partial charge in [-0.3, -0.25) is 9.59 Å². The number of amides is 1. The lowest BCUT2D eigenvalue weighted by atomic mass is 10.2. The van der Waals surface area contributed by atoms with Crippen molar-refractivity contribution in [3.63, 3.8) is 0 Å². The number of fused-ring (bicyclic) bond motifs is 1. The maximum atomic E-state index is 13.7. The van der Waals surface area contributed by atoms with Crippen LogP contribution in [0.25, 0.3) is 10.2 Å². The topological polar surface area (TPSA) is 73.2 Å². The molecule has 3 aromatic rings. The van der Waals surface area contributed by atoms with Gasteiger partial charge in [0.05, 0.1) is 23.7 Å². The Labute approximate surface area is 144 Å². The highest BCUT2D eigenvalue weighted by Gasteiger charge is 2.20. The number of anilines is 1. The minimum atomic E-state index is -0.929. The molecule has 0 bridgehead atoms. The normalized spacial score (nSPS) is 10.9. The molecular formula is C16H13F2N3O3S. The zero-order valence-electron chi connectivity index (χ0n) is 13.5. The number of carbonyl (C=O) groups is 1. The summed E-state index contributed by atoms with van der Waals surface area (Å²) in [5.41, 5.74) is 0.151. The summed E-state index contributed by atoms with van der Waals surface area (Å²) in [5.74, 6) is -2.96. The lowest BCUT2D eigenvalue weighted by Gasteiger charge is -2.08. The first kappa shape index (κ1) is 17.0. The molecule has 0 aliphatic rings. The number of ether oxygens (including phenoxy) is 1. The first-order valence-corrected chi connectivity index (χ1v) is 7.94. The van der Waals surface area contributed by atoms with Crippen molar-refractivity contribution in [2.24, 2.45) is 7.05 Å². The second-order valence-electron chi connectivity index (χ2n) is 5.32. The molecule has 2 heterocycles. The van der Waals surface area contributed by atoms with Gasteiger partial charge in [0.25, 0.3) is 11.5 Å². The molecule has 0 saturated carbocycles. The van der Waals surface area contributed by atoms with Crippen LogP contribution in [0.4, 0.5) is 14.5 Å². The third kappa shape index (κ3) is 2.86. The summed E-state index contributed by atoms with van der Waals surface area (Å²) >= 11 is 1.04. The van der Waals surface area contributed by atoms with Crippen molar-refractivity contribution in [3.05, 3.63) is 50.9 Å². The number of nitrogens with one attached hydrogen (secondary N) is 1. The van der Waals surface area contributed by atoms with E-state index in [1.165, 1.54) is 10.9 Å². The first-order chi connectivity index (χ1) is 11.8. The van der Waals surface area contributed by atoms with E-state index >= 15 is 0 Å². The summed E-state index contributed by atoms with van der Waals surface area (Å²) in [6.45, 7) is 1.63. The largest absolute Gasteiger partial charge is 0.491 e. The Morgan fingerprint density at radius 3 is 2.56 bits per heavy atom. The number of aryl methyl sites for hydroxylation is 2. The summed E-state index contributed by atoms with van der Waals surface area (Å²) in [6.07, 6.45) is 1.37. The fourth-order valence-corrected chi connectivity index (χ4v) is 3.47. The number of methoxy groups -OCH3 is 1. The lowest BCUT2D eigenvalue weighted by molar-refractivity contribution is 0.103. The van der Waals surface area contributed by atoms with Crippen LogP contribution in [0.5, 0.6) is 5.75 Å². The number of carbonyl (C=O) groups excluding carboxylic acids is 1. The highest BCUT2D eigenvalue weighted by atomic mass is 32.1. The second kappa shape index (κ2) is 6.25. The summed E-state index contributed by atoms with van der Waals surface area (Å²) in [7, 11) is 2.71. The van der Waals surface area contributed by atoms with Gasteiger partial charge >= 0.3 is 0 Å². The van der Waals surface area contributed by atoms with E-state index < -0.39 is 23.3 Å². The molecule has 0 radical (unpaired) electrons. The van der Waals surface area contributed by atoms with Crippen LogP contribution in [0.1, 0.15) is 15.2 Å². The Hall–Kier alpha value is -2.81. The van der Waals surface area contributed by atoms with Crippen molar-refractivity contribution < 1.29 is 18.3 Å². The van der Waals surface area contributed by atoms with E-state index in [-0.39, 0.29) is 16.1 Å². The number of hydrogen-bond donors (Lipinski definition) is 1. The van der Waals surface area contributed by atoms with Crippen LogP contribution in [-0.2, 0) is 7.05 Å². The van der Waals surface area contributed by atoms with E-state index in [9.17, 15) is 18.4 Å². The molecule has 0 aliphatic carbocycles. The number of nitrogens with zero attached hydrogens (tertiary/aromatic N) is 2. The van der Waals surface area contributed by atoms with Gasteiger partial charge in [-0.1, -0.05) is 0 Å². The van der Waals surface area contributed by atoms with Gasteiger partial charge in [-0.05, 0) is 12.5 Å². The zero-order chi connectivity index (χ0) is 18.3. The fourth-order valence-electron chi connectivity index (χ4n) is 2.44. The average molecular weight is 365 g/mol. The van der Waals surface area contributed by atoms with Crippen molar-refractivity contribution in [3.8, 4) is 5.75 Å². The van der Waals surface area contributed by atoms with Gasteiger partial charge in [-0.15, -0.1) is 11.3 Å². The molecule has 1 aromatic carbocycles. The predicted octanol–water partition coefficient (Wildman–Crippen LogP) is 2.84. The van der Waals surface area contributed by atoms with Crippen molar-refractivity contribution in [1.82, 2.24) is 9.55 Å². The number of benzene rings is 1. The minimum absolute atomic E-state index is 0.0569. The molecule has 2 aromatic heterocycles. The third-order valence-corrected chi connectivity index (χ3v) is 4.88. The summed E-state index contributed by atoms with van der Waals surface area (Å²) < 4.78 is 33.4. The quantitative estimate of drug-likeness (QED) is 0.775. The van der Waals surface area contributed by atoms with E-state index in [2.05, 4.69) is 15.0 Å². The number of thiophene rings is 1. The summed E-state index contributed by atoms with van der Waals surface area (Å²) in [6, 6.07) is 1.92. The molecule has 0 fully saturated rings. The number of aromatic nitrogens is 2. The SMILES string of the molecule is COc1c(F)cc(NC(=O)c2sc3ncn(C)c(=O)c3c2C)cc1F. The molecule has 3 rings (SSSR count). The van der Waals surface area contributed by atoms with E-state index in [1.54, 1.807) is 14.0 Å². The Morgan fingerprint density at radius 2 is 1.96 bits per heavy atom. The summed E-state index contributed by atoms with van der Waals surface area (Å²) in [4.78, 5) is 29.5. The minimum Gasteiger partial charge on any atom is -0.491 e. The maximum absolute atomic E-state index is 13.7. The number of halogens is 2. The van der Waals surface area contributed by atoms with Gasteiger partial charge in [-0.25, -0.2) is 13.8 Å². The van der Waals surface area contributed by atoms with Crippen LogP contribution in [0.2, 0.25) is 0 Å². The van der Waals surface area contributed by atoms with Gasteiger partial charge in [0.2, 0.25) is 0 Å². The monoisotopic (exact) mass is 365 g/mol. The van der Waals surface area contributed by atoms with Gasteiger partial charge in [-0.2, -0.15) is 0 Å². The van der Waals surface area contributed by atoms with E-state index in [4.69, 9.17) is 0 Å². The van der Waals surface area contributed by atoms with Crippen molar-refractivity contribution in [2.45, 2.75) is 6.92 Å². The van der Waals surface area contributed by atoms with Crippen LogP contribution in [-0.4, -0.2) is 22.6 Å². The molecule has 0 unspecified atom stereocenters. The first-order valence-electron chi connectivity index (χ1n) is 7.12. The standard InChI is InChI=1S/C16H13F2N3O3S/c1-7-11-15(19-6-21(2)16(11)23)25-13(7)14(22)20-8-4-9(17)12(24-3)10(18)5-8/h4-6H,1-3H3,(H,20,22). The molecule has 0 spiro atoms. The molecule has 130 valence electrons. The second-order valence-corrected chi connectivity index (χ2v) is 6.32. The van der Waals surface area contributed by atoms with Crippen LogP contribution in [0, 0.1) is 18.6 Å². The molecule has 0 saturated heterocycles. The van der Waals surface area contributed by atoms with Crippen LogP contribution in [0.15, 0.2) is 23.3 Å². The van der Waals surface area contributed by atoms with Crippen LogP contribution >= 0.6 is 11.3 Å². The van der Waals surface area contributed by atoms with E-state index in [0.717, 1.165) is 30.6 Å². The highest BCUT2D eigenvalue weighted by Crippen LogP contribution is 2.29. The Kier molecular flexibility index (Phi) is 4.25. The zero-order valence-corrected chi connectivity index (χ0v) is 14.3. The van der Waals surface area contributed by atoms with Gasteiger partial charge in [0.15, 0.2) is 17.4 Å². The maximum Gasteiger partial charge on any atom is 0.266 e. The summed E-state index contributed by atoms with van der Waals surface area (Å²) in [5, 5.41) is 2.78. The lowest BCUT2D eigenvalue weighted by Crippen LogP contribution is -2.17. The van der Waals surface area contributed by atoms with Crippen molar-refractivity contribution in [2.75, 3.05) is 12.4 Å². The van der Waals surface area contributed by atoms with Gasteiger partial charge in [0.1, 0.15) is 4.83 Å². The molecule has 1 amide bonds. The molecule has 6 nitrogen and oxygen atoms in total. The fraction of sp³-hybridized carbons (Fsp3) is 0.188. The molecular weight excluding hydrogens is 352 g/mol. The molecule has 9 heteroatoms. The van der Waals surface area contributed by atoms with Crippen molar-refractivity contribution >= 4 is 33.1 Å². The molecule has 25 heavy (non-hydrogen) atoms. The molecule has 0 atom stereocenters. The predicted molar refractivity (Wildman–Crippen MR) is 90.5 cm³/mol. The number of rotatable bonds is 3. The Morgan fingerprint density at radius 1 is 1.32 bits per heavy atom. The highest BCUT2D eigenvalue weighted by molar-refractivity contribution is 7.20. The average Bonchev–Trinajstić information content (AvgIpc) is 2.88. The van der Waals surface area contributed by atoms with Crippen molar-refractivity contribution in [1.29, 1.82) is 0 Å². The van der Waals surface area contributed by atoms with E-state index in [0.29, 0.717) is 15.8 Å². The van der Waals surface area contributed by atoms with Crippen LogP contribution < -0.4 is 15.6 Å². The Bertz CT molecular complexity index is 1040. The van der Waals surface area contributed by atoms with Gasteiger partial charge < -0.3 is 14.6 Å². The Balaban J connectivity index is 2.00. The van der Waals surface area contributed by atoms with Gasteiger partial charge in [0, 0.05) is 24.9 Å². The van der Waals surface area contributed by atoms with E-state index in [1.807, 2.05) is 0 Å². The van der Waals surface area contributed by atoms with Crippen LogP contribution in [0.3, 0.4) is 0 Å². The number of hydrogen-bond acceptors (Lipinski definition) is 5. The third-order valence-electron chi connectivity index (χ3n) is 3.68. The molecule has 0 aliphatic heterocycles. The smallest absolute Gasteiger partial charge is 0.266 e. The molecule has 1 N–H and O–H groups in total.